The Labute approximate surface area is 167 Å². The third-order valence-corrected chi connectivity index (χ3v) is 4.86. The maximum Gasteiger partial charge on any atom is 0.338 e. The van der Waals surface area contributed by atoms with Gasteiger partial charge in [0.05, 0.1) is 16.1 Å². The number of ether oxygens (including phenoxy) is 1. The molecule has 29 heavy (non-hydrogen) atoms. The minimum atomic E-state index is -0.875. The van der Waals surface area contributed by atoms with E-state index in [1.54, 1.807) is 6.07 Å². The number of carbonyl (C=O) groups excluding carboxylic acids is 2. The summed E-state index contributed by atoms with van der Waals surface area (Å²) in [5, 5.41) is 11.5. The number of carbonyl (C=O) groups is 2. The molecule has 0 spiro atoms. The summed E-state index contributed by atoms with van der Waals surface area (Å²) in [5.74, 6) is -2.27. The summed E-state index contributed by atoms with van der Waals surface area (Å²) >= 11 is 0. The predicted octanol–water partition coefficient (Wildman–Crippen LogP) is 4.15. The van der Waals surface area contributed by atoms with Crippen molar-refractivity contribution in [2.45, 2.75) is 25.7 Å². The molecule has 152 valence electrons. The lowest BCUT2D eigenvalue weighted by Crippen LogP contribution is -2.25. The average molecular weight is 400 g/mol. The van der Waals surface area contributed by atoms with Crippen molar-refractivity contribution in [3.63, 3.8) is 0 Å². The molecule has 7 nitrogen and oxygen atoms in total. The second kappa shape index (κ2) is 9.27. The summed E-state index contributed by atoms with van der Waals surface area (Å²) < 4.78 is 18.6. The molecule has 8 heteroatoms. The number of nitro groups is 1. The van der Waals surface area contributed by atoms with Crippen molar-refractivity contribution in [2.24, 2.45) is 0 Å². The molecule has 2 aromatic carbocycles. The summed E-state index contributed by atoms with van der Waals surface area (Å²) in [6.45, 7) is 0.797. The van der Waals surface area contributed by atoms with Gasteiger partial charge in [0.25, 0.3) is 5.69 Å². The van der Waals surface area contributed by atoms with E-state index in [-0.39, 0.29) is 16.8 Å². The fourth-order valence-electron chi connectivity index (χ4n) is 3.36. The van der Waals surface area contributed by atoms with Gasteiger partial charge >= 0.3 is 5.97 Å². The van der Waals surface area contributed by atoms with E-state index in [2.05, 4.69) is 0 Å². The van der Waals surface area contributed by atoms with Crippen LogP contribution in [0.1, 0.15) is 46.4 Å². The van der Waals surface area contributed by atoms with Gasteiger partial charge in [0, 0.05) is 19.2 Å². The molecule has 0 amide bonds. The molecule has 0 atom stereocenters. The lowest BCUT2D eigenvalue weighted by molar-refractivity contribution is -0.384. The van der Waals surface area contributed by atoms with Gasteiger partial charge in [-0.2, -0.15) is 0 Å². The van der Waals surface area contributed by atoms with Crippen LogP contribution in [0.3, 0.4) is 0 Å². The highest BCUT2D eigenvalue weighted by Gasteiger charge is 2.23. The fourth-order valence-corrected chi connectivity index (χ4v) is 3.36. The topological polar surface area (TPSA) is 89.8 Å². The number of halogens is 1. The van der Waals surface area contributed by atoms with Gasteiger partial charge in [0.2, 0.25) is 5.78 Å². The zero-order valence-corrected chi connectivity index (χ0v) is 15.8. The summed E-state index contributed by atoms with van der Waals surface area (Å²) in [7, 11) is 0. The minimum absolute atomic E-state index is 0.0309. The number of hydrogen-bond acceptors (Lipinski definition) is 6. The van der Waals surface area contributed by atoms with Crippen LogP contribution >= 0.6 is 0 Å². The zero-order chi connectivity index (χ0) is 20.8. The predicted molar refractivity (Wildman–Crippen MR) is 105 cm³/mol. The zero-order valence-electron chi connectivity index (χ0n) is 15.8. The molecule has 1 fully saturated rings. The molecular formula is C21H21FN2O5. The molecule has 1 aliphatic rings. The van der Waals surface area contributed by atoms with Crippen LogP contribution in [0.5, 0.6) is 0 Å². The Morgan fingerprint density at radius 2 is 1.76 bits per heavy atom. The number of ketones is 1. The Morgan fingerprint density at radius 3 is 2.41 bits per heavy atom. The van der Waals surface area contributed by atoms with Gasteiger partial charge in [-0.3, -0.25) is 14.9 Å². The molecule has 0 saturated carbocycles. The van der Waals surface area contributed by atoms with Crippen LogP contribution in [0.15, 0.2) is 42.5 Å². The van der Waals surface area contributed by atoms with Gasteiger partial charge in [-0.1, -0.05) is 25.0 Å². The van der Waals surface area contributed by atoms with Crippen molar-refractivity contribution in [1.82, 2.24) is 0 Å². The van der Waals surface area contributed by atoms with Crippen LogP contribution in [0.2, 0.25) is 0 Å². The van der Waals surface area contributed by atoms with Gasteiger partial charge in [-0.05, 0) is 37.1 Å². The molecule has 1 saturated heterocycles. The molecule has 3 rings (SSSR count). The van der Waals surface area contributed by atoms with E-state index in [0.717, 1.165) is 50.9 Å². The first-order valence-corrected chi connectivity index (χ1v) is 9.45. The molecule has 1 heterocycles. The standard InChI is InChI=1S/C21H21FN2O5/c22-17-8-4-3-7-16(17)20(25)14-29-21(26)15-9-10-18(19(13-15)24(27)28)23-11-5-1-2-6-12-23/h3-4,7-10,13H,1-2,5-6,11-12,14H2. The second-order valence-corrected chi connectivity index (χ2v) is 6.84. The molecular weight excluding hydrogens is 379 g/mol. The van der Waals surface area contributed by atoms with E-state index in [9.17, 15) is 24.1 Å². The Balaban J connectivity index is 1.73. The lowest BCUT2D eigenvalue weighted by atomic mass is 10.1. The molecule has 0 radical (unpaired) electrons. The molecule has 0 aromatic heterocycles. The van der Waals surface area contributed by atoms with Gasteiger partial charge < -0.3 is 9.64 Å². The van der Waals surface area contributed by atoms with Gasteiger partial charge in [-0.15, -0.1) is 0 Å². The van der Waals surface area contributed by atoms with Gasteiger partial charge in [-0.25, -0.2) is 9.18 Å². The van der Waals surface area contributed by atoms with E-state index in [0.29, 0.717) is 5.69 Å². The van der Waals surface area contributed by atoms with Crippen molar-refractivity contribution in [2.75, 3.05) is 24.6 Å². The van der Waals surface area contributed by atoms with Crippen LogP contribution in [0.25, 0.3) is 0 Å². The van der Waals surface area contributed by atoms with Crippen LogP contribution in [0.4, 0.5) is 15.8 Å². The second-order valence-electron chi connectivity index (χ2n) is 6.84. The quantitative estimate of drug-likeness (QED) is 0.313. The van der Waals surface area contributed by atoms with Crippen molar-refractivity contribution in [3.8, 4) is 0 Å². The number of anilines is 1. The Morgan fingerprint density at radius 1 is 1.07 bits per heavy atom. The first-order valence-electron chi connectivity index (χ1n) is 9.45. The molecule has 2 aromatic rings. The summed E-state index contributed by atoms with van der Waals surface area (Å²) in [5.41, 5.74) is 0.0806. The van der Waals surface area contributed by atoms with E-state index in [1.807, 2.05) is 4.90 Å². The van der Waals surface area contributed by atoms with Crippen LogP contribution in [-0.2, 0) is 4.74 Å². The van der Waals surface area contributed by atoms with E-state index in [1.165, 1.54) is 24.3 Å². The maximum atomic E-state index is 13.6. The number of benzene rings is 2. The van der Waals surface area contributed by atoms with Crippen LogP contribution < -0.4 is 4.90 Å². The molecule has 0 aliphatic carbocycles. The first-order chi connectivity index (χ1) is 14.0. The van der Waals surface area contributed by atoms with E-state index < -0.39 is 29.1 Å². The SMILES string of the molecule is O=C(OCC(=O)c1ccccc1F)c1ccc(N2CCCCCC2)c([N+](=O)[O-])c1. The molecule has 0 N–H and O–H groups in total. The monoisotopic (exact) mass is 400 g/mol. The largest absolute Gasteiger partial charge is 0.454 e. The highest BCUT2D eigenvalue weighted by Crippen LogP contribution is 2.31. The van der Waals surface area contributed by atoms with Crippen molar-refractivity contribution >= 4 is 23.1 Å². The molecule has 0 bridgehead atoms. The highest BCUT2D eigenvalue weighted by molar-refractivity contribution is 5.99. The van der Waals surface area contributed by atoms with E-state index in [4.69, 9.17) is 4.74 Å². The number of nitrogens with zero attached hydrogens (tertiary/aromatic N) is 2. The number of rotatable bonds is 6. The Kier molecular flexibility index (Phi) is 6.54. The minimum Gasteiger partial charge on any atom is -0.454 e. The van der Waals surface area contributed by atoms with Crippen molar-refractivity contribution in [1.29, 1.82) is 0 Å². The van der Waals surface area contributed by atoms with E-state index >= 15 is 0 Å². The normalized spacial score (nSPS) is 14.2. The number of esters is 1. The fraction of sp³-hybridized carbons (Fsp3) is 0.333. The van der Waals surface area contributed by atoms with Crippen molar-refractivity contribution < 1.29 is 23.6 Å². The smallest absolute Gasteiger partial charge is 0.338 e. The highest BCUT2D eigenvalue weighted by atomic mass is 19.1. The molecule has 0 unspecified atom stereocenters. The third kappa shape index (κ3) is 4.96. The van der Waals surface area contributed by atoms with Gasteiger partial charge in [0.1, 0.15) is 11.5 Å². The van der Waals surface area contributed by atoms with Crippen LogP contribution in [-0.4, -0.2) is 36.4 Å². The number of hydrogen-bond donors (Lipinski definition) is 0. The summed E-state index contributed by atoms with van der Waals surface area (Å²) in [6, 6.07) is 9.54. The Bertz CT molecular complexity index is 923. The summed E-state index contributed by atoms with van der Waals surface area (Å²) in [6.07, 6.45) is 4.09. The average Bonchev–Trinajstić information content (AvgIpc) is 3.01. The molecule has 1 aliphatic heterocycles. The first kappa shape index (κ1) is 20.4. The lowest BCUT2D eigenvalue weighted by Gasteiger charge is -2.22. The maximum absolute atomic E-state index is 13.6. The summed E-state index contributed by atoms with van der Waals surface area (Å²) in [4.78, 5) is 37.3. The number of Topliss-reactive ketones (excluding diaryl/α,β-unsaturated/α-hetero) is 1. The Hall–Kier alpha value is -3.29. The van der Waals surface area contributed by atoms with Gasteiger partial charge in [0.15, 0.2) is 6.61 Å². The number of nitro benzene ring substituents is 1. The van der Waals surface area contributed by atoms with Crippen molar-refractivity contribution in [3.05, 3.63) is 69.5 Å². The van der Waals surface area contributed by atoms with Crippen LogP contribution in [0, 0.1) is 15.9 Å². The third-order valence-electron chi connectivity index (χ3n) is 4.86.